The molecule has 0 bridgehead atoms. The van der Waals surface area contributed by atoms with Crippen LogP contribution in [0.2, 0.25) is 0 Å². The van der Waals surface area contributed by atoms with Crippen LogP contribution in [0.4, 0.5) is 0 Å². The van der Waals surface area contributed by atoms with Crippen LogP contribution >= 0.6 is 0 Å². The molecule has 4 nitrogen and oxygen atoms in total. The average Bonchev–Trinajstić information content (AvgIpc) is 2.81. The zero-order valence-electron chi connectivity index (χ0n) is 11.7. The molecule has 102 valence electrons. The Hall–Kier alpha value is -1.84. The van der Waals surface area contributed by atoms with Gasteiger partial charge in [-0.05, 0) is 43.5 Å². The van der Waals surface area contributed by atoms with Gasteiger partial charge in [0.2, 0.25) is 5.91 Å². The highest BCUT2D eigenvalue weighted by Gasteiger charge is 2.25. The number of benzene rings is 1. The number of carbonyl (C=O) groups is 2. The van der Waals surface area contributed by atoms with Crippen LogP contribution in [0.3, 0.4) is 0 Å². The van der Waals surface area contributed by atoms with Crippen LogP contribution in [0.25, 0.3) is 0 Å². The van der Waals surface area contributed by atoms with E-state index in [-0.39, 0.29) is 17.9 Å². The fourth-order valence-corrected chi connectivity index (χ4v) is 2.32. The number of carbonyl (C=O) groups excluding carboxylic acids is 2. The summed E-state index contributed by atoms with van der Waals surface area (Å²) in [5.74, 6) is 0.0152. The highest BCUT2D eigenvalue weighted by atomic mass is 16.2. The SMILES string of the molecule is CC(=O)N1CCC(NC(=O)c2ccc(C)c(C)c2)C1. The average molecular weight is 260 g/mol. The summed E-state index contributed by atoms with van der Waals surface area (Å²) in [4.78, 5) is 25.1. The lowest BCUT2D eigenvalue weighted by Gasteiger charge is -2.15. The Morgan fingerprint density at radius 3 is 2.58 bits per heavy atom. The number of rotatable bonds is 2. The summed E-state index contributed by atoms with van der Waals surface area (Å²) in [6, 6.07) is 5.77. The van der Waals surface area contributed by atoms with Crippen LogP contribution < -0.4 is 5.32 Å². The van der Waals surface area contributed by atoms with Crippen molar-refractivity contribution in [3.8, 4) is 0 Å². The van der Waals surface area contributed by atoms with Gasteiger partial charge in [-0.1, -0.05) is 6.07 Å². The van der Waals surface area contributed by atoms with Crippen molar-refractivity contribution in [2.24, 2.45) is 0 Å². The van der Waals surface area contributed by atoms with Crippen LogP contribution in [0.1, 0.15) is 34.8 Å². The smallest absolute Gasteiger partial charge is 0.251 e. The summed E-state index contributed by atoms with van der Waals surface area (Å²) < 4.78 is 0. The van der Waals surface area contributed by atoms with Crippen LogP contribution in [-0.2, 0) is 4.79 Å². The summed E-state index contributed by atoms with van der Waals surface area (Å²) in [5.41, 5.74) is 2.98. The summed E-state index contributed by atoms with van der Waals surface area (Å²) >= 11 is 0. The molecule has 1 aliphatic heterocycles. The van der Waals surface area contributed by atoms with E-state index < -0.39 is 0 Å². The van der Waals surface area contributed by atoms with Crippen LogP contribution in [-0.4, -0.2) is 35.8 Å². The quantitative estimate of drug-likeness (QED) is 0.879. The first kappa shape index (κ1) is 13.6. The van der Waals surface area contributed by atoms with Crippen LogP contribution in [0.5, 0.6) is 0 Å². The lowest BCUT2D eigenvalue weighted by Crippen LogP contribution is -2.38. The minimum Gasteiger partial charge on any atom is -0.347 e. The van der Waals surface area contributed by atoms with Gasteiger partial charge in [-0.25, -0.2) is 0 Å². The Morgan fingerprint density at radius 2 is 2.00 bits per heavy atom. The van der Waals surface area contributed by atoms with E-state index >= 15 is 0 Å². The van der Waals surface area contributed by atoms with Crippen molar-refractivity contribution in [3.05, 3.63) is 34.9 Å². The topological polar surface area (TPSA) is 49.4 Å². The van der Waals surface area contributed by atoms with E-state index in [0.29, 0.717) is 12.1 Å². The second kappa shape index (κ2) is 5.43. The van der Waals surface area contributed by atoms with Gasteiger partial charge in [0.1, 0.15) is 0 Å². The van der Waals surface area contributed by atoms with Gasteiger partial charge in [-0.15, -0.1) is 0 Å². The monoisotopic (exact) mass is 260 g/mol. The molecule has 1 unspecified atom stereocenters. The zero-order valence-corrected chi connectivity index (χ0v) is 11.7. The minimum atomic E-state index is -0.0569. The van der Waals surface area contributed by atoms with Gasteiger partial charge in [-0.2, -0.15) is 0 Å². The Morgan fingerprint density at radius 1 is 1.26 bits per heavy atom. The molecule has 0 aromatic heterocycles. The maximum absolute atomic E-state index is 12.1. The van der Waals surface area contributed by atoms with Gasteiger partial charge in [0, 0.05) is 31.6 Å². The molecule has 1 heterocycles. The second-order valence-electron chi connectivity index (χ2n) is 5.22. The number of hydrogen-bond acceptors (Lipinski definition) is 2. The molecule has 1 N–H and O–H groups in total. The molecular formula is C15H20N2O2. The Bertz CT molecular complexity index is 511. The third kappa shape index (κ3) is 3.13. The molecule has 4 heteroatoms. The van der Waals surface area contributed by atoms with Gasteiger partial charge in [0.15, 0.2) is 0 Å². The molecule has 2 amide bonds. The van der Waals surface area contributed by atoms with Gasteiger partial charge >= 0.3 is 0 Å². The molecule has 0 aliphatic carbocycles. The number of nitrogens with one attached hydrogen (secondary N) is 1. The third-order valence-electron chi connectivity index (χ3n) is 3.74. The van der Waals surface area contributed by atoms with E-state index in [1.54, 1.807) is 11.8 Å². The van der Waals surface area contributed by atoms with Crippen molar-refractivity contribution >= 4 is 11.8 Å². The van der Waals surface area contributed by atoms with Crippen LogP contribution in [0.15, 0.2) is 18.2 Å². The van der Waals surface area contributed by atoms with Crippen molar-refractivity contribution < 1.29 is 9.59 Å². The summed E-state index contributed by atoms with van der Waals surface area (Å²) in [5, 5.41) is 2.99. The van der Waals surface area contributed by atoms with Gasteiger partial charge < -0.3 is 10.2 Å². The van der Waals surface area contributed by atoms with Crippen molar-refractivity contribution in [1.29, 1.82) is 0 Å². The van der Waals surface area contributed by atoms with E-state index in [2.05, 4.69) is 5.32 Å². The Balaban J connectivity index is 1.98. The molecule has 0 spiro atoms. The Kier molecular flexibility index (Phi) is 3.88. The molecule has 0 radical (unpaired) electrons. The standard InChI is InChI=1S/C15H20N2O2/c1-10-4-5-13(8-11(10)2)15(19)16-14-6-7-17(9-14)12(3)18/h4-5,8,14H,6-7,9H2,1-3H3,(H,16,19). The van der Waals surface area contributed by atoms with E-state index in [0.717, 1.165) is 18.5 Å². The number of nitrogens with zero attached hydrogens (tertiary/aromatic N) is 1. The molecular weight excluding hydrogens is 240 g/mol. The first-order valence-electron chi connectivity index (χ1n) is 6.61. The second-order valence-corrected chi connectivity index (χ2v) is 5.22. The van der Waals surface area contributed by atoms with Crippen LogP contribution in [0, 0.1) is 13.8 Å². The molecule has 1 aliphatic rings. The largest absolute Gasteiger partial charge is 0.347 e. The Labute approximate surface area is 113 Å². The van der Waals surface area contributed by atoms with E-state index in [4.69, 9.17) is 0 Å². The predicted octanol–water partition coefficient (Wildman–Crippen LogP) is 1.65. The number of likely N-dealkylation sites (tertiary alicyclic amines) is 1. The number of hydrogen-bond donors (Lipinski definition) is 1. The van der Waals surface area contributed by atoms with Crippen molar-refractivity contribution in [2.45, 2.75) is 33.2 Å². The lowest BCUT2D eigenvalue weighted by atomic mass is 10.1. The fourth-order valence-electron chi connectivity index (χ4n) is 2.32. The van der Waals surface area contributed by atoms with Gasteiger partial charge in [-0.3, -0.25) is 9.59 Å². The zero-order chi connectivity index (χ0) is 14.0. The molecule has 1 saturated heterocycles. The highest BCUT2D eigenvalue weighted by molar-refractivity contribution is 5.94. The first-order valence-corrected chi connectivity index (χ1v) is 6.61. The van der Waals surface area contributed by atoms with Crippen molar-refractivity contribution in [1.82, 2.24) is 10.2 Å². The first-order chi connectivity index (χ1) is 8.97. The normalized spacial score (nSPS) is 18.5. The van der Waals surface area contributed by atoms with Crippen molar-refractivity contribution in [2.75, 3.05) is 13.1 Å². The highest BCUT2D eigenvalue weighted by Crippen LogP contribution is 2.12. The van der Waals surface area contributed by atoms with E-state index in [9.17, 15) is 9.59 Å². The maximum Gasteiger partial charge on any atom is 0.251 e. The molecule has 2 rings (SSSR count). The molecule has 1 aromatic rings. The number of amides is 2. The predicted molar refractivity (Wildman–Crippen MR) is 74.0 cm³/mol. The number of aryl methyl sites for hydroxylation is 2. The van der Waals surface area contributed by atoms with Crippen molar-refractivity contribution in [3.63, 3.8) is 0 Å². The van der Waals surface area contributed by atoms with E-state index in [1.165, 1.54) is 5.56 Å². The molecule has 0 saturated carbocycles. The van der Waals surface area contributed by atoms with Gasteiger partial charge in [0.05, 0.1) is 0 Å². The van der Waals surface area contributed by atoms with E-state index in [1.807, 2.05) is 32.0 Å². The fraction of sp³-hybridized carbons (Fsp3) is 0.467. The summed E-state index contributed by atoms with van der Waals surface area (Å²) in [6.45, 7) is 6.94. The minimum absolute atomic E-state index is 0.0569. The molecule has 1 fully saturated rings. The summed E-state index contributed by atoms with van der Waals surface area (Å²) in [6.07, 6.45) is 0.830. The molecule has 19 heavy (non-hydrogen) atoms. The third-order valence-corrected chi connectivity index (χ3v) is 3.74. The lowest BCUT2D eigenvalue weighted by molar-refractivity contribution is -0.127. The molecule has 1 atom stereocenters. The van der Waals surface area contributed by atoms with Gasteiger partial charge in [0.25, 0.3) is 5.91 Å². The summed E-state index contributed by atoms with van der Waals surface area (Å²) in [7, 11) is 0. The molecule has 1 aromatic carbocycles. The maximum atomic E-state index is 12.1.